The van der Waals surface area contributed by atoms with Crippen LogP contribution in [0.1, 0.15) is 6.42 Å². The highest BCUT2D eigenvalue weighted by molar-refractivity contribution is 5.92. The summed E-state index contributed by atoms with van der Waals surface area (Å²) in [5.41, 5.74) is 0. The first-order valence-corrected chi connectivity index (χ1v) is 5.45. The van der Waals surface area contributed by atoms with Crippen molar-refractivity contribution >= 4 is 18.0 Å². The lowest BCUT2D eigenvalue weighted by atomic mass is 10.2. The molecule has 1 heterocycles. The highest BCUT2D eigenvalue weighted by atomic mass is 16.5. The van der Waals surface area contributed by atoms with Gasteiger partial charge in [-0.15, -0.1) is 0 Å². The summed E-state index contributed by atoms with van der Waals surface area (Å²) in [4.78, 5) is 34.5. The van der Waals surface area contributed by atoms with Crippen molar-refractivity contribution in [1.82, 2.24) is 10.2 Å². The zero-order valence-corrected chi connectivity index (χ0v) is 10.0. The number of imide groups is 1. The van der Waals surface area contributed by atoms with Crippen LogP contribution < -0.4 is 5.32 Å². The number of nitrogens with one attached hydrogen (secondary N) is 1. The zero-order chi connectivity index (χ0) is 13.5. The Morgan fingerprint density at radius 2 is 2.22 bits per heavy atom. The van der Waals surface area contributed by atoms with Crippen LogP contribution in [-0.2, 0) is 19.1 Å². The van der Waals surface area contributed by atoms with Crippen molar-refractivity contribution in [3.05, 3.63) is 0 Å². The summed E-state index contributed by atoms with van der Waals surface area (Å²) in [5, 5.41) is 10.7. The molecule has 2 amide bonds. The van der Waals surface area contributed by atoms with E-state index in [-0.39, 0.29) is 13.0 Å². The van der Waals surface area contributed by atoms with Crippen LogP contribution in [0.25, 0.3) is 0 Å². The molecular weight excluding hydrogens is 244 g/mol. The molecule has 0 saturated carbocycles. The van der Waals surface area contributed by atoms with Crippen molar-refractivity contribution < 1.29 is 29.0 Å². The van der Waals surface area contributed by atoms with Crippen LogP contribution in [0, 0.1) is 0 Å². The van der Waals surface area contributed by atoms with Crippen molar-refractivity contribution in [3.63, 3.8) is 0 Å². The van der Waals surface area contributed by atoms with Crippen molar-refractivity contribution in [3.8, 4) is 0 Å². The van der Waals surface area contributed by atoms with Crippen molar-refractivity contribution in [1.29, 1.82) is 0 Å². The largest absolute Gasteiger partial charge is 0.481 e. The maximum absolute atomic E-state index is 11.4. The molecule has 0 aromatic heterocycles. The standard InChI is InChI=1S/C10H16N2O6/c1-17-10(16)11-8(13)6-12-2-3-18-7(5-12)4-9(14)15/h7H,2-6H2,1H3,(H,14,15)(H,11,13,16). The fraction of sp³-hybridized carbons (Fsp3) is 0.700. The number of amides is 2. The minimum atomic E-state index is -0.944. The third-order valence-electron chi connectivity index (χ3n) is 2.42. The van der Waals surface area contributed by atoms with E-state index in [4.69, 9.17) is 9.84 Å². The summed E-state index contributed by atoms with van der Waals surface area (Å²) in [7, 11) is 1.17. The quantitative estimate of drug-likeness (QED) is 0.671. The summed E-state index contributed by atoms with van der Waals surface area (Å²) in [6, 6.07) is 0. The molecule has 18 heavy (non-hydrogen) atoms. The molecule has 0 aromatic carbocycles. The van der Waals surface area contributed by atoms with Gasteiger partial charge in [-0.25, -0.2) is 4.79 Å². The van der Waals surface area contributed by atoms with Gasteiger partial charge in [0.2, 0.25) is 5.91 Å². The molecule has 1 saturated heterocycles. The number of morpholine rings is 1. The fourth-order valence-electron chi connectivity index (χ4n) is 1.65. The van der Waals surface area contributed by atoms with E-state index in [9.17, 15) is 14.4 Å². The van der Waals surface area contributed by atoms with E-state index in [0.29, 0.717) is 19.7 Å². The van der Waals surface area contributed by atoms with Gasteiger partial charge >= 0.3 is 12.1 Å². The van der Waals surface area contributed by atoms with Crippen molar-refractivity contribution in [2.75, 3.05) is 33.4 Å². The molecule has 8 heteroatoms. The Kier molecular flexibility index (Phi) is 5.53. The topological polar surface area (TPSA) is 105 Å². The second-order valence-corrected chi connectivity index (χ2v) is 3.87. The van der Waals surface area contributed by atoms with Gasteiger partial charge < -0.3 is 14.6 Å². The Labute approximate surface area is 104 Å². The summed E-state index contributed by atoms with van der Waals surface area (Å²) >= 11 is 0. The van der Waals surface area contributed by atoms with E-state index < -0.39 is 24.1 Å². The number of methoxy groups -OCH3 is 1. The monoisotopic (exact) mass is 260 g/mol. The van der Waals surface area contributed by atoms with Crippen LogP contribution in [0.5, 0.6) is 0 Å². The molecule has 1 atom stereocenters. The Hall–Kier alpha value is -1.67. The van der Waals surface area contributed by atoms with E-state index >= 15 is 0 Å². The van der Waals surface area contributed by atoms with Gasteiger partial charge in [0.1, 0.15) is 0 Å². The third-order valence-corrected chi connectivity index (χ3v) is 2.42. The summed E-state index contributed by atoms with van der Waals surface area (Å²) in [6.45, 7) is 1.24. The van der Waals surface area contributed by atoms with E-state index in [1.165, 1.54) is 7.11 Å². The van der Waals surface area contributed by atoms with E-state index in [1.807, 2.05) is 5.32 Å². The van der Waals surface area contributed by atoms with Crippen molar-refractivity contribution in [2.24, 2.45) is 0 Å². The lowest BCUT2D eigenvalue weighted by Crippen LogP contribution is -2.48. The Morgan fingerprint density at radius 1 is 1.50 bits per heavy atom. The first kappa shape index (κ1) is 14.4. The average Bonchev–Trinajstić information content (AvgIpc) is 2.28. The molecule has 1 aliphatic heterocycles. The smallest absolute Gasteiger partial charge is 0.413 e. The van der Waals surface area contributed by atoms with Gasteiger partial charge in [0.25, 0.3) is 0 Å². The maximum Gasteiger partial charge on any atom is 0.413 e. The number of carboxylic acids is 1. The number of alkyl carbamates (subject to hydrolysis) is 1. The highest BCUT2D eigenvalue weighted by Crippen LogP contribution is 2.08. The van der Waals surface area contributed by atoms with E-state index in [0.717, 1.165) is 0 Å². The number of carbonyl (C=O) groups excluding carboxylic acids is 2. The van der Waals surface area contributed by atoms with Crippen LogP contribution >= 0.6 is 0 Å². The molecule has 1 aliphatic rings. The van der Waals surface area contributed by atoms with Crippen LogP contribution in [0.3, 0.4) is 0 Å². The number of carbonyl (C=O) groups is 3. The van der Waals surface area contributed by atoms with Gasteiger partial charge in [0, 0.05) is 13.1 Å². The van der Waals surface area contributed by atoms with Gasteiger partial charge in [0.05, 0.1) is 32.8 Å². The number of rotatable bonds is 4. The lowest BCUT2D eigenvalue weighted by molar-refractivity contribution is -0.142. The van der Waals surface area contributed by atoms with Gasteiger partial charge in [-0.3, -0.25) is 19.8 Å². The average molecular weight is 260 g/mol. The minimum absolute atomic E-state index is 0.00851. The number of hydrogen-bond acceptors (Lipinski definition) is 6. The second-order valence-electron chi connectivity index (χ2n) is 3.87. The second kappa shape index (κ2) is 6.92. The number of aliphatic carboxylic acids is 1. The molecule has 0 radical (unpaired) electrons. The van der Waals surface area contributed by atoms with E-state index in [1.54, 1.807) is 4.90 Å². The number of hydrogen-bond donors (Lipinski definition) is 2. The summed E-state index contributed by atoms with van der Waals surface area (Å²) in [5.74, 6) is -1.43. The SMILES string of the molecule is COC(=O)NC(=O)CN1CCOC(CC(=O)O)C1. The van der Waals surface area contributed by atoms with Gasteiger partial charge in [-0.05, 0) is 0 Å². The molecular formula is C10H16N2O6. The predicted molar refractivity (Wildman–Crippen MR) is 59.0 cm³/mol. The number of carboxylic acid groups (broad SMARTS) is 1. The predicted octanol–water partition coefficient (Wildman–Crippen LogP) is -0.955. The molecule has 1 unspecified atom stereocenters. The Bertz CT molecular complexity index is 332. The lowest BCUT2D eigenvalue weighted by Gasteiger charge is -2.31. The van der Waals surface area contributed by atoms with Crippen molar-refractivity contribution in [2.45, 2.75) is 12.5 Å². The Morgan fingerprint density at radius 3 is 2.83 bits per heavy atom. The first-order valence-electron chi connectivity index (χ1n) is 5.45. The molecule has 0 bridgehead atoms. The van der Waals surface area contributed by atoms with Crippen LogP contribution in [0.2, 0.25) is 0 Å². The molecule has 0 aromatic rings. The third kappa shape index (κ3) is 5.11. The molecule has 1 fully saturated rings. The van der Waals surface area contributed by atoms with Gasteiger partial charge in [-0.1, -0.05) is 0 Å². The molecule has 2 N–H and O–H groups in total. The zero-order valence-electron chi connectivity index (χ0n) is 10.0. The molecule has 0 spiro atoms. The van der Waals surface area contributed by atoms with E-state index in [2.05, 4.69) is 4.74 Å². The fourth-order valence-corrected chi connectivity index (χ4v) is 1.65. The molecule has 0 aliphatic carbocycles. The number of ether oxygens (including phenoxy) is 2. The molecule has 102 valence electrons. The van der Waals surface area contributed by atoms with Crippen LogP contribution in [0.4, 0.5) is 4.79 Å². The normalized spacial score (nSPS) is 20.2. The number of nitrogens with zero attached hydrogens (tertiary/aromatic N) is 1. The van der Waals surface area contributed by atoms with Gasteiger partial charge in [-0.2, -0.15) is 0 Å². The minimum Gasteiger partial charge on any atom is -0.481 e. The van der Waals surface area contributed by atoms with Crippen LogP contribution in [-0.4, -0.2) is 67.4 Å². The highest BCUT2D eigenvalue weighted by Gasteiger charge is 2.24. The summed E-state index contributed by atoms with van der Waals surface area (Å²) < 4.78 is 9.55. The molecule has 1 rings (SSSR count). The van der Waals surface area contributed by atoms with Crippen LogP contribution in [0.15, 0.2) is 0 Å². The Balaban J connectivity index is 2.35. The molecule has 8 nitrogen and oxygen atoms in total. The first-order chi connectivity index (χ1) is 8.51. The maximum atomic E-state index is 11.4. The summed E-state index contributed by atoms with van der Waals surface area (Å²) in [6.07, 6.45) is -1.34. The van der Waals surface area contributed by atoms with Gasteiger partial charge in [0.15, 0.2) is 0 Å².